The van der Waals surface area contributed by atoms with E-state index in [0.29, 0.717) is 23.8 Å². The van der Waals surface area contributed by atoms with Crippen molar-refractivity contribution >= 4 is 22.5 Å². The molecule has 1 amide bonds. The standard InChI is InChI=1S/C22H21N3O/c1-12-5-3-6-13(2)18(12)15-7-4-8-16-20(23)19-17(24-21(15)16)11-25(22(19)26)14-9-10-14/h3-8,14H,9-11H2,1-2H3,(H2,23,24). The average molecular weight is 343 g/mol. The van der Waals surface area contributed by atoms with Gasteiger partial charge in [-0.05, 0) is 43.4 Å². The number of carbonyl (C=O) groups is 1. The molecule has 3 aromatic rings. The zero-order chi connectivity index (χ0) is 18.0. The minimum absolute atomic E-state index is 0.0480. The van der Waals surface area contributed by atoms with Crippen LogP contribution in [0.4, 0.5) is 5.69 Å². The highest BCUT2D eigenvalue weighted by molar-refractivity contribution is 6.11. The number of hydrogen-bond donors (Lipinski definition) is 1. The van der Waals surface area contributed by atoms with Gasteiger partial charge in [0.25, 0.3) is 5.91 Å². The lowest BCUT2D eigenvalue weighted by molar-refractivity contribution is 0.0767. The van der Waals surface area contributed by atoms with Crippen LogP contribution < -0.4 is 5.73 Å². The van der Waals surface area contributed by atoms with Crippen molar-refractivity contribution in [1.82, 2.24) is 9.88 Å². The summed E-state index contributed by atoms with van der Waals surface area (Å²) in [6.07, 6.45) is 2.18. The second-order valence-corrected chi connectivity index (χ2v) is 7.48. The highest BCUT2D eigenvalue weighted by atomic mass is 16.2. The zero-order valence-electron chi connectivity index (χ0n) is 15.0. The van der Waals surface area contributed by atoms with E-state index in [1.54, 1.807) is 0 Å². The average Bonchev–Trinajstić information content (AvgIpc) is 3.40. The van der Waals surface area contributed by atoms with Gasteiger partial charge in [-0.1, -0.05) is 36.4 Å². The fourth-order valence-corrected chi connectivity index (χ4v) is 4.21. The van der Waals surface area contributed by atoms with E-state index < -0.39 is 0 Å². The molecule has 1 aromatic heterocycles. The van der Waals surface area contributed by atoms with Gasteiger partial charge in [0.2, 0.25) is 0 Å². The fraction of sp³-hybridized carbons (Fsp3) is 0.273. The Bertz CT molecular complexity index is 1060. The van der Waals surface area contributed by atoms with Crippen LogP contribution in [-0.4, -0.2) is 21.8 Å². The lowest BCUT2D eigenvalue weighted by atomic mass is 9.93. The van der Waals surface area contributed by atoms with E-state index in [-0.39, 0.29) is 5.91 Å². The molecule has 0 bridgehead atoms. The highest BCUT2D eigenvalue weighted by Gasteiger charge is 2.40. The van der Waals surface area contributed by atoms with Crippen molar-refractivity contribution in [1.29, 1.82) is 0 Å². The number of nitrogen functional groups attached to an aromatic ring is 1. The van der Waals surface area contributed by atoms with Crippen LogP contribution in [0.2, 0.25) is 0 Å². The van der Waals surface area contributed by atoms with Gasteiger partial charge in [-0.15, -0.1) is 0 Å². The number of nitrogens with zero attached hydrogens (tertiary/aromatic N) is 2. The summed E-state index contributed by atoms with van der Waals surface area (Å²) in [7, 11) is 0. The summed E-state index contributed by atoms with van der Waals surface area (Å²) < 4.78 is 0. The predicted molar refractivity (Wildman–Crippen MR) is 104 cm³/mol. The summed E-state index contributed by atoms with van der Waals surface area (Å²) in [5.74, 6) is 0.0480. The van der Waals surface area contributed by atoms with Gasteiger partial charge in [-0.3, -0.25) is 4.79 Å². The van der Waals surface area contributed by atoms with Gasteiger partial charge < -0.3 is 10.6 Å². The molecule has 2 aliphatic rings. The number of carbonyl (C=O) groups excluding carboxylic acids is 1. The quantitative estimate of drug-likeness (QED) is 0.758. The molecule has 26 heavy (non-hydrogen) atoms. The van der Waals surface area contributed by atoms with Crippen LogP contribution in [0.1, 0.15) is 40.0 Å². The van der Waals surface area contributed by atoms with Gasteiger partial charge in [0.05, 0.1) is 29.0 Å². The molecule has 1 aliphatic heterocycles. The number of nitrogens with two attached hydrogens (primary N) is 1. The van der Waals surface area contributed by atoms with Crippen molar-refractivity contribution in [3.63, 3.8) is 0 Å². The smallest absolute Gasteiger partial charge is 0.258 e. The monoisotopic (exact) mass is 343 g/mol. The molecule has 2 N–H and O–H groups in total. The number of anilines is 1. The molecule has 5 rings (SSSR count). The normalized spacial score (nSPS) is 16.4. The molecule has 2 heterocycles. The molecule has 2 aromatic carbocycles. The summed E-state index contributed by atoms with van der Waals surface area (Å²) in [5.41, 5.74) is 14.1. The molecule has 0 atom stereocenters. The number of rotatable bonds is 2. The number of aromatic nitrogens is 1. The van der Waals surface area contributed by atoms with Crippen molar-refractivity contribution < 1.29 is 4.79 Å². The first-order valence-corrected chi connectivity index (χ1v) is 9.15. The lowest BCUT2D eigenvalue weighted by Crippen LogP contribution is -2.26. The van der Waals surface area contributed by atoms with E-state index in [1.165, 1.54) is 16.7 Å². The molecule has 4 heteroatoms. The van der Waals surface area contributed by atoms with Crippen molar-refractivity contribution in [3.05, 3.63) is 58.8 Å². The first-order valence-electron chi connectivity index (χ1n) is 9.15. The van der Waals surface area contributed by atoms with E-state index in [0.717, 1.165) is 35.0 Å². The Morgan fingerprint density at radius 2 is 1.73 bits per heavy atom. The van der Waals surface area contributed by atoms with Gasteiger partial charge in [0, 0.05) is 17.0 Å². The number of fused-ring (bicyclic) bond motifs is 2. The van der Waals surface area contributed by atoms with Crippen LogP contribution in [0.3, 0.4) is 0 Å². The Morgan fingerprint density at radius 3 is 2.42 bits per heavy atom. The van der Waals surface area contributed by atoms with Crippen LogP contribution >= 0.6 is 0 Å². The summed E-state index contributed by atoms with van der Waals surface area (Å²) in [6, 6.07) is 12.8. The summed E-state index contributed by atoms with van der Waals surface area (Å²) in [5, 5.41) is 0.870. The molecule has 1 saturated carbocycles. The largest absolute Gasteiger partial charge is 0.397 e. The molecule has 130 valence electrons. The SMILES string of the molecule is Cc1cccc(C)c1-c1cccc2c(N)c3c(nc12)CN(C1CC1)C3=O. The Hall–Kier alpha value is -2.88. The topological polar surface area (TPSA) is 59.2 Å². The minimum Gasteiger partial charge on any atom is -0.397 e. The van der Waals surface area contributed by atoms with Crippen molar-refractivity contribution in [2.75, 3.05) is 5.73 Å². The molecule has 0 unspecified atom stereocenters. The van der Waals surface area contributed by atoms with Crippen LogP contribution in [0.25, 0.3) is 22.0 Å². The molecule has 0 spiro atoms. The van der Waals surface area contributed by atoms with Crippen LogP contribution in [-0.2, 0) is 6.54 Å². The maximum absolute atomic E-state index is 12.8. The Labute approximate surface area is 152 Å². The minimum atomic E-state index is 0.0480. The van der Waals surface area contributed by atoms with E-state index in [4.69, 9.17) is 10.7 Å². The van der Waals surface area contributed by atoms with Gasteiger partial charge in [-0.25, -0.2) is 4.98 Å². The third-order valence-corrected chi connectivity index (χ3v) is 5.66. The maximum atomic E-state index is 12.8. The number of aryl methyl sites for hydroxylation is 2. The van der Waals surface area contributed by atoms with E-state index >= 15 is 0 Å². The Morgan fingerprint density at radius 1 is 1.04 bits per heavy atom. The second-order valence-electron chi connectivity index (χ2n) is 7.48. The highest BCUT2D eigenvalue weighted by Crippen LogP contribution is 2.40. The number of hydrogen-bond acceptors (Lipinski definition) is 3. The summed E-state index contributed by atoms with van der Waals surface area (Å²) >= 11 is 0. The zero-order valence-corrected chi connectivity index (χ0v) is 15.0. The van der Waals surface area contributed by atoms with Gasteiger partial charge in [0.1, 0.15) is 0 Å². The maximum Gasteiger partial charge on any atom is 0.258 e. The summed E-state index contributed by atoms with van der Waals surface area (Å²) in [4.78, 5) is 19.7. The van der Waals surface area contributed by atoms with Crippen LogP contribution in [0, 0.1) is 13.8 Å². The van der Waals surface area contributed by atoms with E-state index in [1.807, 2.05) is 17.0 Å². The van der Waals surface area contributed by atoms with Crippen molar-refractivity contribution in [2.24, 2.45) is 0 Å². The van der Waals surface area contributed by atoms with E-state index in [9.17, 15) is 4.79 Å². The lowest BCUT2D eigenvalue weighted by Gasteiger charge is -2.14. The van der Waals surface area contributed by atoms with Crippen LogP contribution in [0.5, 0.6) is 0 Å². The first kappa shape index (κ1) is 15.4. The molecular weight excluding hydrogens is 322 g/mol. The third-order valence-electron chi connectivity index (χ3n) is 5.66. The molecular formula is C22H21N3O. The second kappa shape index (κ2) is 5.31. The Kier molecular flexibility index (Phi) is 3.14. The summed E-state index contributed by atoms with van der Waals surface area (Å²) in [6.45, 7) is 4.83. The first-order chi connectivity index (χ1) is 12.6. The number of para-hydroxylation sites is 1. The number of pyridine rings is 1. The van der Waals surface area contributed by atoms with Crippen molar-refractivity contribution in [2.45, 2.75) is 39.3 Å². The fourth-order valence-electron chi connectivity index (χ4n) is 4.21. The Balaban J connectivity index is 1.78. The molecule has 0 radical (unpaired) electrons. The van der Waals surface area contributed by atoms with Gasteiger partial charge >= 0.3 is 0 Å². The number of benzene rings is 2. The van der Waals surface area contributed by atoms with Gasteiger partial charge in [-0.2, -0.15) is 0 Å². The molecule has 0 saturated heterocycles. The molecule has 4 nitrogen and oxygen atoms in total. The van der Waals surface area contributed by atoms with Crippen LogP contribution in [0.15, 0.2) is 36.4 Å². The van der Waals surface area contributed by atoms with Gasteiger partial charge in [0.15, 0.2) is 0 Å². The molecule has 1 aliphatic carbocycles. The number of amides is 1. The van der Waals surface area contributed by atoms with E-state index in [2.05, 4.69) is 38.1 Å². The third kappa shape index (κ3) is 2.08. The predicted octanol–water partition coefficient (Wildman–Crippen LogP) is 4.22. The molecule has 1 fully saturated rings. The van der Waals surface area contributed by atoms with Crippen molar-refractivity contribution in [3.8, 4) is 11.1 Å².